The van der Waals surface area contributed by atoms with Crippen LogP contribution in [0, 0.1) is 0 Å². The fourth-order valence-electron chi connectivity index (χ4n) is 1.26. The topological polar surface area (TPSA) is 35.2 Å². The molecule has 6 heteroatoms. The summed E-state index contributed by atoms with van der Waals surface area (Å²) in [6, 6.07) is 3.76. The standard InChI is InChI=1S/C12H16F3NO.ClH/c1-3-8(2)17-10-6-4-9(5-7-10)11(16)12(13,14)15;/h4-8,11H,3,16H2,1-2H3;1H/t8?,11-;/m0./s1. The predicted molar refractivity (Wildman–Crippen MR) is 67.1 cm³/mol. The lowest BCUT2D eigenvalue weighted by molar-refractivity contribution is -0.149. The number of alkyl halides is 3. The van der Waals surface area contributed by atoms with Crippen LogP contribution in [0.15, 0.2) is 24.3 Å². The van der Waals surface area contributed by atoms with Crippen LogP contribution in [-0.2, 0) is 0 Å². The zero-order chi connectivity index (χ0) is 13.1. The molecule has 0 radical (unpaired) electrons. The molecular weight excluding hydrogens is 267 g/mol. The third kappa shape index (κ3) is 4.74. The zero-order valence-corrected chi connectivity index (χ0v) is 11.0. The van der Waals surface area contributed by atoms with Crippen molar-refractivity contribution in [1.82, 2.24) is 0 Å². The average Bonchev–Trinajstić information content (AvgIpc) is 2.27. The van der Waals surface area contributed by atoms with E-state index < -0.39 is 12.2 Å². The van der Waals surface area contributed by atoms with Gasteiger partial charge in [-0.15, -0.1) is 12.4 Å². The van der Waals surface area contributed by atoms with E-state index in [2.05, 4.69) is 0 Å². The van der Waals surface area contributed by atoms with E-state index in [1.165, 1.54) is 24.3 Å². The molecule has 0 saturated carbocycles. The fourth-order valence-corrected chi connectivity index (χ4v) is 1.26. The average molecular weight is 284 g/mol. The Labute approximate surface area is 111 Å². The summed E-state index contributed by atoms with van der Waals surface area (Å²) in [5.41, 5.74) is 5.12. The molecule has 18 heavy (non-hydrogen) atoms. The van der Waals surface area contributed by atoms with Crippen LogP contribution < -0.4 is 10.5 Å². The quantitative estimate of drug-likeness (QED) is 0.911. The van der Waals surface area contributed by atoms with E-state index in [0.29, 0.717) is 5.75 Å². The van der Waals surface area contributed by atoms with Crippen LogP contribution in [0.5, 0.6) is 5.75 Å². The maximum Gasteiger partial charge on any atom is 0.407 e. The van der Waals surface area contributed by atoms with Gasteiger partial charge in [-0.1, -0.05) is 19.1 Å². The van der Waals surface area contributed by atoms with Gasteiger partial charge in [0.2, 0.25) is 0 Å². The molecule has 2 atom stereocenters. The number of hydrogen-bond acceptors (Lipinski definition) is 2. The molecule has 0 aliphatic carbocycles. The predicted octanol–water partition coefficient (Wildman–Crippen LogP) is 3.85. The molecule has 1 unspecified atom stereocenters. The molecule has 0 saturated heterocycles. The second kappa shape index (κ2) is 6.85. The molecule has 1 aromatic carbocycles. The minimum atomic E-state index is -4.42. The summed E-state index contributed by atoms with van der Waals surface area (Å²) < 4.78 is 42.5. The summed E-state index contributed by atoms with van der Waals surface area (Å²) in [6.45, 7) is 3.87. The van der Waals surface area contributed by atoms with Gasteiger partial charge in [0.25, 0.3) is 0 Å². The van der Waals surface area contributed by atoms with Gasteiger partial charge in [0.05, 0.1) is 6.10 Å². The van der Waals surface area contributed by atoms with E-state index >= 15 is 0 Å². The number of hydrogen-bond donors (Lipinski definition) is 1. The van der Waals surface area contributed by atoms with E-state index in [1.807, 2.05) is 13.8 Å². The Kier molecular flexibility index (Phi) is 6.49. The van der Waals surface area contributed by atoms with Crippen molar-refractivity contribution in [2.24, 2.45) is 5.73 Å². The van der Waals surface area contributed by atoms with Crippen molar-refractivity contribution >= 4 is 12.4 Å². The third-order valence-corrected chi connectivity index (χ3v) is 2.50. The minimum Gasteiger partial charge on any atom is -0.491 e. The first kappa shape index (κ1) is 17.1. The molecule has 104 valence electrons. The van der Waals surface area contributed by atoms with E-state index in [4.69, 9.17) is 10.5 Å². The molecule has 0 fully saturated rings. The van der Waals surface area contributed by atoms with Crippen molar-refractivity contribution in [2.45, 2.75) is 38.6 Å². The van der Waals surface area contributed by atoms with Crippen molar-refractivity contribution in [3.63, 3.8) is 0 Å². The highest BCUT2D eigenvalue weighted by molar-refractivity contribution is 5.85. The van der Waals surface area contributed by atoms with Gasteiger partial charge in [0.1, 0.15) is 11.8 Å². The first-order valence-electron chi connectivity index (χ1n) is 5.43. The van der Waals surface area contributed by atoms with Crippen LogP contribution in [0.2, 0.25) is 0 Å². The first-order chi connectivity index (χ1) is 7.84. The van der Waals surface area contributed by atoms with Crippen LogP contribution in [-0.4, -0.2) is 12.3 Å². The maximum atomic E-state index is 12.3. The Balaban J connectivity index is 0.00000289. The van der Waals surface area contributed by atoms with E-state index in [-0.39, 0.29) is 24.1 Å². The molecular formula is C12H17ClF3NO. The van der Waals surface area contributed by atoms with Crippen LogP contribution in [0.4, 0.5) is 13.2 Å². The minimum absolute atomic E-state index is 0. The Morgan fingerprint density at radius 2 is 1.72 bits per heavy atom. The van der Waals surface area contributed by atoms with Crippen LogP contribution in [0.25, 0.3) is 0 Å². The molecule has 1 rings (SSSR count). The van der Waals surface area contributed by atoms with Crippen molar-refractivity contribution in [3.8, 4) is 5.75 Å². The number of halogens is 4. The Morgan fingerprint density at radius 3 is 2.11 bits per heavy atom. The summed E-state index contributed by atoms with van der Waals surface area (Å²) >= 11 is 0. The Bertz CT molecular complexity index is 353. The third-order valence-electron chi connectivity index (χ3n) is 2.50. The molecule has 1 aromatic rings. The number of nitrogens with two attached hydrogens (primary N) is 1. The summed E-state index contributed by atoms with van der Waals surface area (Å²) in [7, 11) is 0. The van der Waals surface area contributed by atoms with Gasteiger partial charge in [0, 0.05) is 0 Å². The molecule has 0 spiro atoms. The summed E-state index contributed by atoms with van der Waals surface area (Å²) in [5.74, 6) is 0.553. The molecule has 0 aliphatic heterocycles. The first-order valence-corrected chi connectivity index (χ1v) is 5.43. The summed E-state index contributed by atoms with van der Waals surface area (Å²) in [5, 5.41) is 0. The van der Waals surface area contributed by atoms with Crippen molar-refractivity contribution < 1.29 is 17.9 Å². The number of benzene rings is 1. The van der Waals surface area contributed by atoms with Crippen LogP contribution in [0.3, 0.4) is 0 Å². The highest BCUT2D eigenvalue weighted by Crippen LogP contribution is 2.31. The highest BCUT2D eigenvalue weighted by atomic mass is 35.5. The lowest BCUT2D eigenvalue weighted by Gasteiger charge is -2.17. The normalized spacial score (nSPS) is 14.6. The highest BCUT2D eigenvalue weighted by Gasteiger charge is 2.37. The smallest absolute Gasteiger partial charge is 0.407 e. The fraction of sp³-hybridized carbons (Fsp3) is 0.500. The van der Waals surface area contributed by atoms with E-state index in [9.17, 15) is 13.2 Å². The molecule has 0 aromatic heterocycles. The SMILES string of the molecule is CCC(C)Oc1ccc([C@H](N)C(F)(F)F)cc1.Cl. The van der Waals surface area contributed by atoms with Gasteiger partial charge >= 0.3 is 6.18 Å². The van der Waals surface area contributed by atoms with Gasteiger partial charge in [-0.3, -0.25) is 0 Å². The van der Waals surface area contributed by atoms with Crippen LogP contribution in [0.1, 0.15) is 31.9 Å². The Hall–Kier alpha value is -0.940. The van der Waals surface area contributed by atoms with Crippen LogP contribution >= 0.6 is 12.4 Å². The summed E-state index contributed by atoms with van der Waals surface area (Å²) in [4.78, 5) is 0. The molecule has 0 aliphatic rings. The largest absolute Gasteiger partial charge is 0.491 e. The lowest BCUT2D eigenvalue weighted by atomic mass is 10.1. The molecule has 0 heterocycles. The monoisotopic (exact) mass is 283 g/mol. The van der Waals surface area contributed by atoms with Gasteiger partial charge in [0.15, 0.2) is 0 Å². The van der Waals surface area contributed by atoms with Gasteiger partial charge in [-0.2, -0.15) is 13.2 Å². The lowest BCUT2D eigenvalue weighted by Crippen LogP contribution is -2.28. The maximum absolute atomic E-state index is 12.3. The van der Waals surface area contributed by atoms with Crippen molar-refractivity contribution in [3.05, 3.63) is 29.8 Å². The van der Waals surface area contributed by atoms with Gasteiger partial charge in [-0.05, 0) is 31.0 Å². The number of ether oxygens (including phenoxy) is 1. The zero-order valence-electron chi connectivity index (χ0n) is 10.2. The van der Waals surface area contributed by atoms with Crippen molar-refractivity contribution in [2.75, 3.05) is 0 Å². The second-order valence-electron chi connectivity index (χ2n) is 3.93. The molecule has 2 N–H and O–H groups in total. The second-order valence-corrected chi connectivity index (χ2v) is 3.93. The van der Waals surface area contributed by atoms with Gasteiger partial charge < -0.3 is 10.5 Å². The molecule has 0 amide bonds. The molecule has 2 nitrogen and oxygen atoms in total. The number of rotatable bonds is 4. The Morgan fingerprint density at radius 1 is 1.22 bits per heavy atom. The van der Waals surface area contributed by atoms with E-state index in [0.717, 1.165) is 6.42 Å². The summed E-state index contributed by atoms with van der Waals surface area (Å²) in [6.07, 6.45) is -3.54. The van der Waals surface area contributed by atoms with Gasteiger partial charge in [-0.25, -0.2) is 0 Å². The molecule has 0 bridgehead atoms. The van der Waals surface area contributed by atoms with Crippen molar-refractivity contribution in [1.29, 1.82) is 0 Å². The van der Waals surface area contributed by atoms with E-state index in [1.54, 1.807) is 0 Å².